The maximum absolute atomic E-state index is 12.2. The summed E-state index contributed by atoms with van der Waals surface area (Å²) in [7, 11) is 2.99. The maximum atomic E-state index is 12.2. The quantitative estimate of drug-likeness (QED) is 0.809. The van der Waals surface area contributed by atoms with Crippen molar-refractivity contribution in [2.24, 2.45) is 5.92 Å². The highest BCUT2D eigenvalue weighted by Gasteiger charge is 2.23. The fourth-order valence-electron chi connectivity index (χ4n) is 2.96. The third kappa shape index (κ3) is 4.63. The number of hydrogen-bond acceptors (Lipinski definition) is 5. The second-order valence-electron chi connectivity index (χ2n) is 6.08. The number of ether oxygens (including phenoxy) is 3. The normalized spacial score (nSPS) is 20.1. The van der Waals surface area contributed by atoms with Crippen molar-refractivity contribution in [3.63, 3.8) is 0 Å². The average Bonchev–Trinajstić information content (AvgIpc) is 2.61. The highest BCUT2D eigenvalue weighted by Crippen LogP contribution is 2.25. The summed E-state index contributed by atoms with van der Waals surface area (Å²) in [6, 6.07) is 4.96. The second kappa shape index (κ2) is 8.57. The molecule has 1 aromatic carbocycles. The fraction of sp³-hybridized carbons (Fsp3) is 0.556. The molecule has 1 N–H and O–H groups in total. The van der Waals surface area contributed by atoms with Crippen molar-refractivity contribution in [3.05, 3.63) is 23.8 Å². The predicted molar refractivity (Wildman–Crippen MR) is 89.4 cm³/mol. The van der Waals surface area contributed by atoms with Crippen molar-refractivity contribution in [2.75, 3.05) is 20.8 Å². The van der Waals surface area contributed by atoms with Crippen molar-refractivity contribution >= 4 is 11.9 Å². The summed E-state index contributed by atoms with van der Waals surface area (Å²) >= 11 is 0. The van der Waals surface area contributed by atoms with Crippen molar-refractivity contribution < 1.29 is 23.8 Å². The highest BCUT2D eigenvalue weighted by atomic mass is 16.5. The smallest absolute Gasteiger partial charge is 0.342 e. The largest absolute Gasteiger partial charge is 0.497 e. The molecule has 2 unspecified atom stereocenters. The van der Waals surface area contributed by atoms with Gasteiger partial charge in [0.05, 0.1) is 14.2 Å². The zero-order valence-corrected chi connectivity index (χ0v) is 14.5. The van der Waals surface area contributed by atoms with E-state index < -0.39 is 5.97 Å². The molecule has 1 aliphatic carbocycles. The Labute approximate surface area is 142 Å². The predicted octanol–water partition coefficient (Wildman–Crippen LogP) is 2.56. The van der Waals surface area contributed by atoms with E-state index in [4.69, 9.17) is 14.2 Å². The Morgan fingerprint density at radius 1 is 1.17 bits per heavy atom. The molecule has 0 saturated heterocycles. The Bertz CT molecular complexity index is 587. The molecule has 1 aromatic rings. The van der Waals surface area contributed by atoms with Gasteiger partial charge in [-0.15, -0.1) is 0 Å². The minimum Gasteiger partial charge on any atom is -0.497 e. The number of carbonyl (C=O) groups is 2. The lowest BCUT2D eigenvalue weighted by Gasteiger charge is -2.29. The van der Waals surface area contributed by atoms with Crippen LogP contribution in [-0.2, 0) is 9.53 Å². The number of carbonyl (C=O) groups excluding carboxylic acids is 2. The van der Waals surface area contributed by atoms with Crippen LogP contribution in [0.4, 0.5) is 0 Å². The summed E-state index contributed by atoms with van der Waals surface area (Å²) in [6.45, 7) is 1.84. The van der Waals surface area contributed by atoms with Gasteiger partial charge in [0.1, 0.15) is 17.1 Å². The summed E-state index contributed by atoms with van der Waals surface area (Å²) in [6.07, 6.45) is 4.43. The Hall–Kier alpha value is -2.24. The first kappa shape index (κ1) is 18.1. The minimum atomic E-state index is -0.596. The van der Waals surface area contributed by atoms with Crippen LogP contribution in [-0.4, -0.2) is 38.7 Å². The van der Waals surface area contributed by atoms with E-state index in [9.17, 15) is 9.59 Å². The average molecular weight is 335 g/mol. The van der Waals surface area contributed by atoms with E-state index in [2.05, 4.69) is 12.2 Å². The third-order valence-corrected chi connectivity index (χ3v) is 4.42. The van der Waals surface area contributed by atoms with Gasteiger partial charge in [-0.05, 0) is 30.9 Å². The van der Waals surface area contributed by atoms with Crippen LogP contribution in [0.15, 0.2) is 18.2 Å². The Kier molecular flexibility index (Phi) is 6.46. The lowest BCUT2D eigenvalue weighted by molar-refractivity contribution is -0.125. The molecule has 1 saturated carbocycles. The van der Waals surface area contributed by atoms with Gasteiger partial charge in [-0.25, -0.2) is 4.79 Å². The molecule has 0 spiro atoms. The van der Waals surface area contributed by atoms with E-state index in [1.165, 1.54) is 20.6 Å². The first-order valence-corrected chi connectivity index (χ1v) is 8.23. The zero-order valence-electron chi connectivity index (χ0n) is 14.5. The second-order valence-corrected chi connectivity index (χ2v) is 6.08. The molecule has 0 radical (unpaired) electrons. The first-order chi connectivity index (χ1) is 11.5. The summed E-state index contributed by atoms with van der Waals surface area (Å²) in [5.74, 6) is 0.518. The number of nitrogens with one attached hydrogen (secondary N) is 1. The standard InChI is InChI=1S/C18H25NO5/c1-12-6-4-5-7-15(12)19-17(20)11-24-18(21)14-9-8-13(22-2)10-16(14)23-3/h8-10,12,15H,4-7,11H2,1-3H3,(H,19,20). The number of benzene rings is 1. The van der Waals surface area contributed by atoms with E-state index >= 15 is 0 Å². The summed E-state index contributed by atoms with van der Waals surface area (Å²) in [4.78, 5) is 24.2. The molecule has 0 aromatic heterocycles. The van der Waals surface area contributed by atoms with Gasteiger partial charge in [0.15, 0.2) is 6.61 Å². The molecule has 0 bridgehead atoms. The van der Waals surface area contributed by atoms with Crippen LogP contribution in [0.1, 0.15) is 43.0 Å². The van der Waals surface area contributed by atoms with Gasteiger partial charge in [0, 0.05) is 12.1 Å². The van der Waals surface area contributed by atoms with Gasteiger partial charge < -0.3 is 19.5 Å². The minimum absolute atomic E-state index is 0.167. The Balaban J connectivity index is 1.89. The maximum Gasteiger partial charge on any atom is 0.342 e. The van der Waals surface area contributed by atoms with E-state index in [-0.39, 0.29) is 24.1 Å². The molecular weight excluding hydrogens is 310 g/mol. The number of methoxy groups -OCH3 is 2. The lowest BCUT2D eigenvalue weighted by Crippen LogP contribution is -2.42. The summed E-state index contributed by atoms with van der Waals surface area (Å²) in [5.41, 5.74) is 0.261. The monoisotopic (exact) mass is 335 g/mol. The van der Waals surface area contributed by atoms with Crippen LogP contribution in [0.2, 0.25) is 0 Å². The van der Waals surface area contributed by atoms with Crippen molar-refractivity contribution in [2.45, 2.75) is 38.6 Å². The number of hydrogen-bond donors (Lipinski definition) is 1. The first-order valence-electron chi connectivity index (χ1n) is 8.23. The SMILES string of the molecule is COc1ccc(C(=O)OCC(=O)NC2CCCCC2C)c(OC)c1. The van der Waals surface area contributed by atoms with Gasteiger partial charge in [-0.1, -0.05) is 19.8 Å². The van der Waals surface area contributed by atoms with E-state index in [1.807, 2.05) is 0 Å². The molecule has 24 heavy (non-hydrogen) atoms. The van der Waals surface area contributed by atoms with Crippen LogP contribution >= 0.6 is 0 Å². The topological polar surface area (TPSA) is 73.9 Å². The van der Waals surface area contributed by atoms with E-state index in [0.29, 0.717) is 17.4 Å². The molecule has 1 fully saturated rings. The Morgan fingerprint density at radius 3 is 2.58 bits per heavy atom. The molecule has 0 heterocycles. The van der Waals surface area contributed by atoms with Gasteiger partial charge in [0.2, 0.25) is 0 Å². The van der Waals surface area contributed by atoms with Crippen molar-refractivity contribution in [3.8, 4) is 11.5 Å². The summed E-state index contributed by atoms with van der Waals surface area (Å²) in [5, 5.41) is 2.95. The van der Waals surface area contributed by atoms with Crippen LogP contribution in [0.3, 0.4) is 0 Å². The van der Waals surface area contributed by atoms with E-state index in [0.717, 1.165) is 19.3 Å². The highest BCUT2D eigenvalue weighted by molar-refractivity contribution is 5.94. The molecular formula is C18H25NO5. The van der Waals surface area contributed by atoms with Crippen LogP contribution < -0.4 is 14.8 Å². The molecule has 2 atom stereocenters. The molecule has 132 valence electrons. The van der Waals surface area contributed by atoms with Crippen LogP contribution in [0.25, 0.3) is 0 Å². The lowest BCUT2D eigenvalue weighted by atomic mass is 9.86. The van der Waals surface area contributed by atoms with Crippen LogP contribution in [0, 0.1) is 5.92 Å². The molecule has 1 amide bonds. The van der Waals surface area contributed by atoms with Crippen molar-refractivity contribution in [1.29, 1.82) is 0 Å². The van der Waals surface area contributed by atoms with E-state index in [1.54, 1.807) is 18.2 Å². The third-order valence-electron chi connectivity index (χ3n) is 4.42. The number of esters is 1. The molecule has 1 aliphatic rings. The molecule has 2 rings (SSSR count). The van der Waals surface area contributed by atoms with Gasteiger partial charge in [0.25, 0.3) is 5.91 Å². The summed E-state index contributed by atoms with van der Waals surface area (Å²) < 4.78 is 15.4. The number of amides is 1. The molecule has 0 aliphatic heterocycles. The van der Waals surface area contributed by atoms with Crippen molar-refractivity contribution in [1.82, 2.24) is 5.32 Å². The number of rotatable bonds is 6. The van der Waals surface area contributed by atoms with Gasteiger partial charge >= 0.3 is 5.97 Å². The zero-order chi connectivity index (χ0) is 17.5. The van der Waals surface area contributed by atoms with Gasteiger partial charge in [-0.2, -0.15) is 0 Å². The van der Waals surface area contributed by atoms with Gasteiger partial charge in [-0.3, -0.25) is 4.79 Å². The molecule has 6 heteroatoms. The fourth-order valence-corrected chi connectivity index (χ4v) is 2.96. The Morgan fingerprint density at radius 2 is 1.92 bits per heavy atom. The molecule has 6 nitrogen and oxygen atoms in total. The van der Waals surface area contributed by atoms with Crippen LogP contribution in [0.5, 0.6) is 11.5 Å².